The van der Waals surface area contributed by atoms with Crippen LogP contribution in [0.3, 0.4) is 0 Å². The average Bonchev–Trinajstić information content (AvgIpc) is 2.29. The van der Waals surface area contributed by atoms with Crippen LogP contribution >= 0.6 is 11.6 Å². The molecule has 7 N–H and O–H groups in total. The molecule has 0 saturated carbocycles. The topological polar surface area (TPSA) is 116 Å². The molecule has 0 aromatic heterocycles. The van der Waals surface area contributed by atoms with Crippen LogP contribution in [0, 0.1) is 5.82 Å². The number of carbonyl (C=O) groups is 1. The van der Waals surface area contributed by atoms with E-state index < -0.39 is 11.7 Å². The fourth-order valence-electron chi connectivity index (χ4n) is 1.27. The highest BCUT2D eigenvalue weighted by Crippen LogP contribution is 2.33. The highest BCUT2D eigenvalue weighted by atomic mass is 35.5. The number of anilines is 3. The van der Waals surface area contributed by atoms with Crippen LogP contribution in [0.15, 0.2) is 6.07 Å². The van der Waals surface area contributed by atoms with E-state index in [0.29, 0.717) is 0 Å². The Kier molecular flexibility index (Phi) is 4.99. The number of hydrogen-bond donors (Lipinski definition) is 4. The molecular formula is C10H14ClFN4O2. The average molecular weight is 277 g/mol. The first-order valence-electron chi connectivity index (χ1n) is 5.06. The molecule has 1 aromatic carbocycles. The molecule has 100 valence electrons. The van der Waals surface area contributed by atoms with Gasteiger partial charge in [-0.15, -0.1) is 0 Å². The molecule has 0 aliphatic heterocycles. The molecule has 1 amide bonds. The van der Waals surface area contributed by atoms with E-state index in [9.17, 15) is 9.18 Å². The summed E-state index contributed by atoms with van der Waals surface area (Å²) in [5.74, 6) is -1.29. The molecule has 1 aromatic rings. The summed E-state index contributed by atoms with van der Waals surface area (Å²) in [5, 5.41) is 2.52. The Morgan fingerprint density at radius 3 is 2.72 bits per heavy atom. The van der Waals surface area contributed by atoms with Crippen molar-refractivity contribution in [2.75, 3.05) is 36.5 Å². The van der Waals surface area contributed by atoms with E-state index in [1.165, 1.54) is 6.07 Å². The maximum atomic E-state index is 13.7. The minimum absolute atomic E-state index is 0.0527. The van der Waals surface area contributed by atoms with Crippen molar-refractivity contribution in [1.29, 1.82) is 0 Å². The molecule has 0 aliphatic carbocycles. The normalized spacial score (nSPS) is 10.3. The quantitative estimate of drug-likeness (QED) is 0.447. The molecule has 1 rings (SSSR count). The van der Waals surface area contributed by atoms with E-state index in [1.54, 1.807) is 0 Å². The van der Waals surface area contributed by atoms with Gasteiger partial charge in [-0.05, 0) is 6.07 Å². The minimum atomic E-state index is -0.718. The summed E-state index contributed by atoms with van der Waals surface area (Å²) in [5.41, 5.74) is 16.2. The summed E-state index contributed by atoms with van der Waals surface area (Å²) in [6.45, 7) is 0.223. The number of nitrogens with one attached hydrogen (secondary N) is 1. The van der Waals surface area contributed by atoms with Crippen LogP contribution in [0.1, 0.15) is 0 Å². The molecule has 6 nitrogen and oxygen atoms in total. The van der Waals surface area contributed by atoms with Crippen molar-refractivity contribution in [3.63, 3.8) is 0 Å². The van der Waals surface area contributed by atoms with Gasteiger partial charge in [-0.25, -0.2) is 4.39 Å². The highest BCUT2D eigenvalue weighted by molar-refractivity contribution is 6.33. The monoisotopic (exact) mass is 276 g/mol. The Bertz CT molecular complexity index is 456. The Labute approximate surface area is 108 Å². The van der Waals surface area contributed by atoms with Crippen molar-refractivity contribution >= 4 is 34.6 Å². The molecule has 8 heteroatoms. The Balaban J connectivity index is 2.57. The molecule has 0 unspecified atom stereocenters. The lowest BCUT2D eigenvalue weighted by atomic mass is 10.2. The largest absolute Gasteiger partial charge is 0.397 e. The molecule has 0 heterocycles. The van der Waals surface area contributed by atoms with Gasteiger partial charge >= 0.3 is 0 Å². The summed E-state index contributed by atoms with van der Waals surface area (Å²) in [4.78, 5) is 10.4. The predicted octanol–water partition coefficient (Wildman–Crippen LogP) is 0.557. The number of benzene rings is 1. The van der Waals surface area contributed by atoms with Gasteiger partial charge in [0.15, 0.2) is 5.82 Å². The van der Waals surface area contributed by atoms with Crippen molar-refractivity contribution in [1.82, 2.24) is 0 Å². The lowest BCUT2D eigenvalue weighted by Crippen LogP contribution is -2.21. The fraction of sp³-hybridized carbons (Fsp3) is 0.300. The first-order valence-corrected chi connectivity index (χ1v) is 5.44. The minimum Gasteiger partial charge on any atom is -0.397 e. The van der Waals surface area contributed by atoms with Gasteiger partial charge in [0.05, 0.1) is 23.7 Å². The second-order valence-corrected chi connectivity index (χ2v) is 3.88. The molecule has 0 aliphatic rings. The number of halogens is 2. The van der Waals surface area contributed by atoms with Gasteiger partial charge in [-0.1, -0.05) is 11.6 Å². The molecule has 0 bridgehead atoms. The second-order valence-electron chi connectivity index (χ2n) is 3.50. The molecule has 0 radical (unpaired) electrons. The van der Waals surface area contributed by atoms with Gasteiger partial charge in [-0.2, -0.15) is 0 Å². The molecule has 0 atom stereocenters. The lowest BCUT2D eigenvalue weighted by molar-refractivity contribution is -0.122. The SMILES string of the molecule is NC(=O)COCCNc1c(N)cc(N)c(Cl)c1F. The fourth-order valence-corrected chi connectivity index (χ4v) is 1.42. The van der Waals surface area contributed by atoms with Gasteiger partial charge < -0.3 is 27.3 Å². The van der Waals surface area contributed by atoms with Crippen LogP contribution in [0.2, 0.25) is 5.02 Å². The first kappa shape index (κ1) is 14.3. The molecular weight excluding hydrogens is 263 g/mol. The van der Waals surface area contributed by atoms with Crippen molar-refractivity contribution in [2.45, 2.75) is 0 Å². The standard InChI is InChI=1S/C10H14ClFN4O2/c11-8-5(13)3-6(14)10(9(8)12)16-1-2-18-4-7(15)17/h3,16H,1-2,4,13-14H2,(H2,15,17). The number of primary amides is 1. The zero-order chi connectivity index (χ0) is 13.7. The van der Waals surface area contributed by atoms with Crippen molar-refractivity contribution in [3.05, 3.63) is 16.9 Å². The number of rotatable bonds is 6. The zero-order valence-electron chi connectivity index (χ0n) is 9.50. The number of nitrogen functional groups attached to an aromatic ring is 2. The molecule has 0 spiro atoms. The molecule has 18 heavy (non-hydrogen) atoms. The van der Waals surface area contributed by atoms with Crippen LogP contribution in [0.4, 0.5) is 21.5 Å². The van der Waals surface area contributed by atoms with Crippen LogP contribution < -0.4 is 22.5 Å². The summed E-state index contributed by atoms with van der Waals surface area (Å²) in [6, 6.07) is 1.36. The highest BCUT2D eigenvalue weighted by Gasteiger charge is 2.13. The number of ether oxygens (including phenoxy) is 1. The van der Waals surface area contributed by atoms with Crippen LogP contribution in [0.25, 0.3) is 0 Å². The van der Waals surface area contributed by atoms with E-state index >= 15 is 0 Å². The van der Waals surface area contributed by atoms with Crippen molar-refractivity contribution < 1.29 is 13.9 Å². The number of hydrogen-bond acceptors (Lipinski definition) is 5. The third-order valence-corrected chi connectivity index (χ3v) is 2.44. The Morgan fingerprint density at radius 1 is 1.44 bits per heavy atom. The number of nitrogens with two attached hydrogens (primary N) is 3. The van der Waals surface area contributed by atoms with Crippen molar-refractivity contribution in [3.8, 4) is 0 Å². The van der Waals surface area contributed by atoms with Gasteiger partial charge in [-0.3, -0.25) is 4.79 Å². The third-order valence-electron chi connectivity index (χ3n) is 2.06. The molecule has 0 saturated heterocycles. The Morgan fingerprint density at radius 2 is 2.11 bits per heavy atom. The Hall–Kier alpha value is -1.73. The second kappa shape index (κ2) is 6.27. The van der Waals surface area contributed by atoms with Crippen LogP contribution in [0.5, 0.6) is 0 Å². The van der Waals surface area contributed by atoms with E-state index in [1.807, 2.05) is 0 Å². The van der Waals surface area contributed by atoms with E-state index in [4.69, 9.17) is 33.5 Å². The maximum absolute atomic E-state index is 13.7. The van der Waals surface area contributed by atoms with E-state index in [2.05, 4.69) is 5.32 Å². The number of carbonyl (C=O) groups excluding carboxylic acids is 1. The first-order chi connectivity index (χ1) is 8.43. The van der Waals surface area contributed by atoms with Crippen molar-refractivity contribution in [2.24, 2.45) is 5.73 Å². The third kappa shape index (κ3) is 3.64. The molecule has 0 fully saturated rings. The van der Waals surface area contributed by atoms with Gasteiger partial charge in [0.1, 0.15) is 11.6 Å². The van der Waals surface area contributed by atoms with E-state index in [-0.39, 0.29) is 41.8 Å². The predicted molar refractivity (Wildman–Crippen MR) is 68.7 cm³/mol. The van der Waals surface area contributed by atoms with E-state index in [0.717, 1.165) is 0 Å². The van der Waals surface area contributed by atoms with Crippen LogP contribution in [-0.2, 0) is 9.53 Å². The van der Waals surface area contributed by atoms with Gasteiger partial charge in [0.25, 0.3) is 0 Å². The summed E-state index contributed by atoms with van der Waals surface area (Å²) >= 11 is 5.65. The summed E-state index contributed by atoms with van der Waals surface area (Å²) < 4.78 is 18.6. The van der Waals surface area contributed by atoms with Gasteiger partial charge in [0.2, 0.25) is 5.91 Å². The smallest absolute Gasteiger partial charge is 0.243 e. The summed E-state index contributed by atoms with van der Waals surface area (Å²) in [6.07, 6.45) is 0. The van der Waals surface area contributed by atoms with Gasteiger partial charge in [0, 0.05) is 6.54 Å². The zero-order valence-corrected chi connectivity index (χ0v) is 10.3. The maximum Gasteiger partial charge on any atom is 0.243 e. The van der Waals surface area contributed by atoms with Crippen LogP contribution in [-0.4, -0.2) is 25.7 Å². The summed E-state index contributed by atoms with van der Waals surface area (Å²) in [7, 11) is 0. The number of amides is 1. The lowest BCUT2D eigenvalue weighted by Gasteiger charge is -2.12.